The molecule has 4 rings (SSSR count). The number of nitrogens with one attached hydrogen (secondary N) is 1. The molecule has 8 heteroatoms. The first kappa shape index (κ1) is 23.4. The Morgan fingerprint density at radius 1 is 0.970 bits per heavy atom. The Morgan fingerprint density at radius 2 is 1.58 bits per heavy atom. The van der Waals surface area contributed by atoms with E-state index in [1.807, 2.05) is 36.4 Å². The SMILES string of the molecule is Fc1cccc(Cl)c1Cn1cc(Br)c(NC(=S)N(Cc2ccccc2)Cc2ccccc2)n1. The van der Waals surface area contributed by atoms with Crippen LogP contribution in [-0.2, 0) is 19.6 Å². The third-order valence-electron chi connectivity index (χ3n) is 5.04. The van der Waals surface area contributed by atoms with Crippen LogP contribution >= 0.6 is 39.7 Å². The van der Waals surface area contributed by atoms with E-state index in [2.05, 4.69) is 55.5 Å². The van der Waals surface area contributed by atoms with Crippen molar-refractivity contribution in [3.8, 4) is 0 Å². The normalized spacial score (nSPS) is 10.8. The molecule has 0 spiro atoms. The lowest BCUT2D eigenvalue weighted by atomic mass is 10.2. The number of hydrogen-bond acceptors (Lipinski definition) is 2. The van der Waals surface area contributed by atoms with E-state index in [0.29, 0.717) is 34.6 Å². The Hall–Kier alpha value is -2.74. The molecule has 1 aromatic heterocycles. The van der Waals surface area contributed by atoms with Crippen LogP contribution in [0.2, 0.25) is 5.02 Å². The zero-order valence-electron chi connectivity index (χ0n) is 17.6. The van der Waals surface area contributed by atoms with Crippen LogP contribution in [0, 0.1) is 5.82 Å². The first-order valence-electron chi connectivity index (χ1n) is 10.3. The minimum absolute atomic E-state index is 0.205. The fourth-order valence-electron chi connectivity index (χ4n) is 3.40. The summed E-state index contributed by atoms with van der Waals surface area (Å²) >= 11 is 15.5. The summed E-state index contributed by atoms with van der Waals surface area (Å²) in [6.07, 6.45) is 1.77. The number of nitrogens with zero attached hydrogens (tertiary/aromatic N) is 3. The highest BCUT2D eigenvalue weighted by molar-refractivity contribution is 9.10. The number of thiocarbonyl (C=S) groups is 1. The fourth-order valence-corrected chi connectivity index (χ4v) is 4.26. The van der Waals surface area contributed by atoms with Crippen LogP contribution in [0.3, 0.4) is 0 Å². The van der Waals surface area contributed by atoms with Gasteiger partial charge in [0.05, 0.1) is 11.0 Å². The van der Waals surface area contributed by atoms with Gasteiger partial charge < -0.3 is 10.2 Å². The van der Waals surface area contributed by atoms with E-state index in [-0.39, 0.29) is 12.4 Å². The van der Waals surface area contributed by atoms with Gasteiger partial charge in [-0.3, -0.25) is 4.68 Å². The molecule has 4 aromatic rings. The van der Waals surface area contributed by atoms with Gasteiger partial charge in [0.2, 0.25) is 0 Å². The zero-order valence-corrected chi connectivity index (χ0v) is 20.7. The molecule has 0 amide bonds. The van der Waals surface area contributed by atoms with Crippen LogP contribution in [0.5, 0.6) is 0 Å². The summed E-state index contributed by atoms with van der Waals surface area (Å²) in [6, 6.07) is 25.0. The van der Waals surface area contributed by atoms with Gasteiger partial charge in [-0.05, 0) is 51.4 Å². The third kappa shape index (κ3) is 6.19. The van der Waals surface area contributed by atoms with Crippen LogP contribution in [0.4, 0.5) is 10.2 Å². The van der Waals surface area contributed by atoms with Gasteiger partial charge in [-0.1, -0.05) is 78.3 Å². The molecule has 0 saturated carbocycles. The number of anilines is 1. The molecule has 0 aliphatic carbocycles. The highest BCUT2D eigenvalue weighted by atomic mass is 79.9. The number of hydrogen-bond donors (Lipinski definition) is 1. The van der Waals surface area contributed by atoms with Gasteiger partial charge in [-0.2, -0.15) is 5.10 Å². The topological polar surface area (TPSA) is 33.1 Å². The van der Waals surface area contributed by atoms with Gasteiger partial charge in [0.1, 0.15) is 5.82 Å². The van der Waals surface area contributed by atoms with Crippen LogP contribution in [0.25, 0.3) is 0 Å². The molecule has 0 unspecified atom stereocenters. The summed E-state index contributed by atoms with van der Waals surface area (Å²) < 4.78 is 16.5. The smallest absolute Gasteiger partial charge is 0.175 e. The molecule has 0 fully saturated rings. The predicted molar refractivity (Wildman–Crippen MR) is 139 cm³/mol. The van der Waals surface area contributed by atoms with Crippen molar-refractivity contribution in [1.29, 1.82) is 0 Å². The molecular weight excluding hydrogens is 523 g/mol. The van der Waals surface area contributed by atoms with Gasteiger partial charge in [0, 0.05) is 29.9 Å². The molecule has 0 bridgehead atoms. The van der Waals surface area contributed by atoms with E-state index in [0.717, 1.165) is 15.6 Å². The Labute approximate surface area is 211 Å². The second-order valence-electron chi connectivity index (χ2n) is 7.48. The Bertz CT molecular complexity index is 1170. The number of aromatic nitrogens is 2. The van der Waals surface area contributed by atoms with Gasteiger partial charge in [0.25, 0.3) is 0 Å². The second-order valence-corrected chi connectivity index (χ2v) is 9.13. The molecule has 168 valence electrons. The highest BCUT2D eigenvalue weighted by Gasteiger charge is 2.16. The maximum atomic E-state index is 14.2. The zero-order chi connectivity index (χ0) is 23.2. The summed E-state index contributed by atoms with van der Waals surface area (Å²) in [5, 5.41) is 8.68. The molecule has 3 aromatic carbocycles. The van der Waals surface area contributed by atoms with Gasteiger partial charge >= 0.3 is 0 Å². The van der Waals surface area contributed by atoms with E-state index >= 15 is 0 Å². The summed E-state index contributed by atoms with van der Waals surface area (Å²) in [6.45, 7) is 1.49. The fraction of sp³-hybridized carbons (Fsp3) is 0.120. The number of halogens is 3. The van der Waals surface area contributed by atoms with E-state index in [1.165, 1.54) is 6.07 Å². The van der Waals surface area contributed by atoms with E-state index < -0.39 is 0 Å². The van der Waals surface area contributed by atoms with Crippen molar-refractivity contribution in [2.24, 2.45) is 0 Å². The lowest BCUT2D eigenvalue weighted by molar-refractivity contribution is 0.412. The second kappa shape index (κ2) is 10.9. The molecule has 4 nitrogen and oxygen atoms in total. The molecule has 0 saturated heterocycles. The lowest BCUT2D eigenvalue weighted by Gasteiger charge is -2.26. The lowest BCUT2D eigenvalue weighted by Crippen LogP contribution is -2.34. The number of rotatable bonds is 7. The maximum Gasteiger partial charge on any atom is 0.175 e. The molecular formula is C25H21BrClFN4S. The van der Waals surface area contributed by atoms with E-state index in [1.54, 1.807) is 23.0 Å². The van der Waals surface area contributed by atoms with Crippen molar-refractivity contribution in [3.05, 3.63) is 117 Å². The molecule has 0 radical (unpaired) electrons. The first-order valence-corrected chi connectivity index (χ1v) is 11.9. The van der Waals surface area contributed by atoms with Gasteiger partial charge in [0.15, 0.2) is 10.9 Å². The summed E-state index contributed by atoms with van der Waals surface area (Å²) in [5.74, 6) is 0.189. The summed E-state index contributed by atoms with van der Waals surface area (Å²) in [4.78, 5) is 2.08. The highest BCUT2D eigenvalue weighted by Crippen LogP contribution is 2.25. The first-order chi connectivity index (χ1) is 16.0. The van der Waals surface area contributed by atoms with E-state index in [4.69, 9.17) is 23.8 Å². The molecule has 1 heterocycles. The van der Waals surface area contributed by atoms with Crippen molar-refractivity contribution in [2.45, 2.75) is 19.6 Å². The quantitative estimate of drug-likeness (QED) is 0.257. The number of benzene rings is 3. The standard InChI is InChI=1S/C25H21BrClFN4S/c26-21-17-32(16-20-22(27)12-7-13-23(20)28)30-24(21)29-25(33)31(14-18-8-3-1-4-9-18)15-19-10-5-2-6-11-19/h1-13,17H,14-16H2,(H,29,30,33). The maximum absolute atomic E-state index is 14.2. The predicted octanol–water partition coefficient (Wildman–Crippen LogP) is 6.89. The molecule has 33 heavy (non-hydrogen) atoms. The van der Waals surface area contributed by atoms with E-state index in [9.17, 15) is 4.39 Å². The largest absolute Gasteiger partial charge is 0.340 e. The van der Waals surface area contributed by atoms with Crippen molar-refractivity contribution in [1.82, 2.24) is 14.7 Å². The van der Waals surface area contributed by atoms with Crippen LogP contribution < -0.4 is 5.32 Å². The van der Waals surface area contributed by atoms with Crippen LogP contribution in [0.1, 0.15) is 16.7 Å². The molecule has 0 aliphatic heterocycles. The van der Waals surface area contributed by atoms with Crippen LogP contribution in [0.15, 0.2) is 89.5 Å². The molecule has 0 atom stereocenters. The molecule has 1 N–H and O–H groups in total. The van der Waals surface area contributed by atoms with Crippen LogP contribution in [-0.4, -0.2) is 19.8 Å². The Morgan fingerprint density at radius 3 is 2.15 bits per heavy atom. The Balaban J connectivity index is 1.52. The average molecular weight is 544 g/mol. The minimum atomic E-state index is -0.365. The minimum Gasteiger partial charge on any atom is -0.340 e. The monoisotopic (exact) mass is 542 g/mol. The van der Waals surface area contributed by atoms with Gasteiger partial charge in [-0.25, -0.2) is 4.39 Å². The van der Waals surface area contributed by atoms with Gasteiger partial charge in [-0.15, -0.1) is 0 Å². The molecule has 0 aliphatic rings. The van der Waals surface area contributed by atoms with Crippen molar-refractivity contribution >= 4 is 50.7 Å². The Kier molecular flexibility index (Phi) is 7.75. The van der Waals surface area contributed by atoms with Crippen molar-refractivity contribution in [2.75, 3.05) is 5.32 Å². The van der Waals surface area contributed by atoms with Crippen molar-refractivity contribution in [3.63, 3.8) is 0 Å². The van der Waals surface area contributed by atoms with Crippen molar-refractivity contribution < 1.29 is 4.39 Å². The average Bonchev–Trinajstić information content (AvgIpc) is 3.16. The summed E-state index contributed by atoms with van der Waals surface area (Å²) in [5.41, 5.74) is 2.69. The summed E-state index contributed by atoms with van der Waals surface area (Å²) in [7, 11) is 0. The third-order valence-corrected chi connectivity index (χ3v) is 6.34.